The second-order valence-electron chi connectivity index (χ2n) is 0.250. The van der Waals surface area contributed by atoms with Crippen LogP contribution in [0, 0.1) is 0 Å². The molecule has 0 atom stereocenters. The van der Waals surface area contributed by atoms with Gasteiger partial charge in [0.2, 0.25) is 0 Å². The molecule has 0 fully saturated rings. The first-order valence-electron chi connectivity index (χ1n) is 0.612. The molecule has 0 unspecified atom stereocenters. The van der Waals surface area contributed by atoms with Gasteiger partial charge in [-0.3, -0.25) is 0 Å². The van der Waals surface area contributed by atoms with Crippen LogP contribution in [0.2, 0.25) is 0 Å². The maximum atomic E-state index is 8.33. The van der Waals surface area contributed by atoms with Gasteiger partial charge in [-0.15, -0.1) is 0 Å². The minimum atomic E-state index is -2.33. The first-order valence-corrected chi connectivity index (χ1v) is 0.612. The molecule has 0 aliphatic carbocycles. The SMILES string of the molecule is O=C([O-])[O-].[Ca+2].[Pd+2]. The van der Waals surface area contributed by atoms with E-state index in [1.54, 1.807) is 0 Å². The number of carbonyl (C=O) groups excluding carboxylic acids is 1. The molecule has 0 spiro atoms. The van der Waals surface area contributed by atoms with Crippen LogP contribution in [0.5, 0.6) is 0 Å². The van der Waals surface area contributed by atoms with Gasteiger partial charge < -0.3 is 15.0 Å². The molecular weight excluding hydrogens is 207 g/mol. The minimum Gasteiger partial charge on any atom is -0.652 e. The van der Waals surface area contributed by atoms with E-state index in [0.717, 1.165) is 0 Å². The molecule has 0 aromatic heterocycles. The molecule has 0 saturated heterocycles. The fourth-order valence-electron chi connectivity index (χ4n) is 0. The molecule has 0 rings (SSSR count). The molecular formula is CCaO3Pd+2. The quantitative estimate of drug-likeness (QED) is 0.402. The first kappa shape index (κ1) is 15.7. The summed E-state index contributed by atoms with van der Waals surface area (Å²) in [5.74, 6) is 0. The van der Waals surface area contributed by atoms with E-state index in [2.05, 4.69) is 0 Å². The van der Waals surface area contributed by atoms with Crippen molar-refractivity contribution in [3.8, 4) is 0 Å². The monoisotopic (exact) mass is 206 g/mol. The second kappa shape index (κ2) is 9.50. The Hall–Kier alpha value is 1.19. The van der Waals surface area contributed by atoms with Gasteiger partial charge in [-0.2, -0.15) is 0 Å². The van der Waals surface area contributed by atoms with Crippen molar-refractivity contribution in [1.82, 2.24) is 0 Å². The van der Waals surface area contributed by atoms with E-state index >= 15 is 0 Å². The predicted molar refractivity (Wildman–Crippen MR) is 11.1 cm³/mol. The molecule has 0 aromatic rings. The van der Waals surface area contributed by atoms with Crippen molar-refractivity contribution in [2.24, 2.45) is 0 Å². The molecule has 32 valence electrons. The van der Waals surface area contributed by atoms with Crippen LogP contribution < -0.4 is 10.2 Å². The van der Waals surface area contributed by atoms with E-state index in [0.29, 0.717) is 0 Å². The Bertz CT molecular complexity index is 33.8. The predicted octanol–water partition coefficient (Wildman–Crippen LogP) is -2.83. The smallest absolute Gasteiger partial charge is 0.652 e. The number of hydrogen-bond donors (Lipinski definition) is 0. The van der Waals surface area contributed by atoms with Crippen LogP contribution in [0.4, 0.5) is 4.79 Å². The minimum absolute atomic E-state index is 0. The third-order valence-electron chi connectivity index (χ3n) is 0. The summed E-state index contributed by atoms with van der Waals surface area (Å²) < 4.78 is 0. The standard InChI is InChI=1S/CH2O3.Ca.Pd/c2-1(3)4;;/h(H2,2,3,4);;/q;2*+2/p-2. The van der Waals surface area contributed by atoms with Crippen molar-refractivity contribution >= 4 is 43.9 Å². The molecule has 0 radical (unpaired) electrons. The summed E-state index contributed by atoms with van der Waals surface area (Å²) in [4.78, 5) is 8.33. The van der Waals surface area contributed by atoms with Crippen LogP contribution in [0.1, 0.15) is 0 Å². The maximum Gasteiger partial charge on any atom is 2.00 e. The first-order chi connectivity index (χ1) is 1.73. The summed E-state index contributed by atoms with van der Waals surface area (Å²) in [5.41, 5.74) is 0. The van der Waals surface area contributed by atoms with Crippen LogP contribution in [-0.2, 0) is 20.4 Å². The van der Waals surface area contributed by atoms with Crippen molar-refractivity contribution < 1.29 is 35.4 Å². The number of rotatable bonds is 0. The van der Waals surface area contributed by atoms with Crippen LogP contribution in [0.15, 0.2) is 0 Å². The summed E-state index contributed by atoms with van der Waals surface area (Å²) in [7, 11) is 0. The zero-order valence-electron chi connectivity index (χ0n) is 2.75. The van der Waals surface area contributed by atoms with Crippen LogP contribution in [0.3, 0.4) is 0 Å². The number of carboxylic acid groups (broad SMARTS) is 2. The van der Waals surface area contributed by atoms with Gasteiger partial charge in [-0.1, -0.05) is 0 Å². The van der Waals surface area contributed by atoms with E-state index in [1.807, 2.05) is 0 Å². The molecule has 0 N–H and O–H groups in total. The fraction of sp³-hybridized carbons (Fsp3) is 0. The Morgan fingerprint density at radius 3 is 1.33 bits per heavy atom. The Morgan fingerprint density at radius 2 is 1.33 bits per heavy atom. The van der Waals surface area contributed by atoms with Gasteiger partial charge in [-0.05, 0) is 6.16 Å². The summed E-state index contributed by atoms with van der Waals surface area (Å²) in [5, 5.41) is 16.7. The van der Waals surface area contributed by atoms with Crippen LogP contribution in [0.25, 0.3) is 0 Å². The molecule has 0 heterocycles. The van der Waals surface area contributed by atoms with Gasteiger partial charge in [0.25, 0.3) is 0 Å². The third kappa shape index (κ3) is 64.2. The van der Waals surface area contributed by atoms with Gasteiger partial charge in [-0.25, -0.2) is 0 Å². The molecule has 0 aliphatic heterocycles. The van der Waals surface area contributed by atoms with Gasteiger partial charge in [0, 0.05) is 0 Å². The van der Waals surface area contributed by atoms with Crippen LogP contribution in [-0.4, -0.2) is 43.9 Å². The Morgan fingerprint density at radius 1 is 1.33 bits per heavy atom. The summed E-state index contributed by atoms with van der Waals surface area (Å²) in [6.07, 6.45) is -2.33. The van der Waals surface area contributed by atoms with E-state index in [9.17, 15) is 0 Å². The molecule has 0 saturated carbocycles. The molecule has 0 aromatic carbocycles. The Kier molecular flexibility index (Phi) is 24.8. The van der Waals surface area contributed by atoms with E-state index in [1.165, 1.54) is 0 Å². The Balaban J connectivity index is -0.0000000450. The van der Waals surface area contributed by atoms with Gasteiger partial charge >= 0.3 is 58.2 Å². The van der Waals surface area contributed by atoms with Crippen molar-refractivity contribution in [3.63, 3.8) is 0 Å². The molecule has 0 amide bonds. The van der Waals surface area contributed by atoms with Gasteiger partial charge in [0.1, 0.15) is 0 Å². The topological polar surface area (TPSA) is 63.2 Å². The van der Waals surface area contributed by atoms with E-state index < -0.39 is 6.16 Å². The second-order valence-corrected chi connectivity index (χ2v) is 0.250. The molecule has 5 heteroatoms. The van der Waals surface area contributed by atoms with E-state index in [4.69, 9.17) is 15.0 Å². The van der Waals surface area contributed by atoms with Crippen molar-refractivity contribution in [1.29, 1.82) is 0 Å². The molecule has 0 bridgehead atoms. The Labute approximate surface area is 78.4 Å². The summed E-state index contributed by atoms with van der Waals surface area (Å²) in [6.45, 7) is 0. The normalized spacial score (nSPS) is 4.00. The van der Waals surface area contributed by atoms with Crippen LogP contribution >= 0.6 is 0 Å². The summed E-state index contributed by atoms with van der Waals surface area (Å²) >= 11 is 0. The fourth-order valence-corrected chi connectivity index (χ4v) is 0. The molecule has 6 heavy (non-hydrogen) atoms. The van der Waals surface area contributed by atoms with Crippen molar-refractivity contribution in [3.05, 3.63) is 0 Å². The maximum absolute atomic E-state index is 8.33. The average Bonchev–Trinajstić information content (AvgIpc) is 0.811. The average molecular weight is 207 g/mol. The number of carbonyl (C=O) groups is 1. The zero-order valence-corrected chi connectivity index (χ0v) is 6.51. The number of hydrogen-bond acceptors (Lipinski definition) is 3. The summed E-state index contributed by atoms with van der Waals surface area (Å²) in [6, 6.07) is 0. The third-order valence-corrected chi connectivity index (χ3v) is 0. The van der Waals surface area contributed by atoms with Crippen molar-refractivity contribution in [2.45, 2.75) is 0 Å². The largest absolute Gasteiger partial charge is 2.00 e. The zero-order chi connectivity index (χ0) is 3.58. The van der Waals surface area contributed by atoms with Gasteiger partial charge in [0.15, 0.2) is 0 Å². The molecule has 3 nitrogen and oxygen atoms in total. The molecule has 0 aliphatic rings. The van der Waals surface area contributed by atoms with Crippen molar-refractivity contribution in [2.75, 3.05) is 0 Å². The van der Waals surface area contributed by atoms with E-state index in [-0.39, 0.29) is 58.2 Å². The van der Waals surface area contributed by atoms with Gasteiger partial charge in [0.05, 0.1) is 0 Å².